The van der Waals surface area contributed by atoms with Crippen molar-refractivity contribution in [3.63, 3.8) is 0 Å². The summed E-state index contributed by atoms with van der Waals surface area (Å²) < 4.78 is 0. The smallest absolute Gasteiger partial charge is 0.265 e. The monoisotopic (exact) mass is 294 g/mol. The van der Waals surface area contributed by atoms with Gasteiger partial charge in [0.25, 0.3) is 5.91 Å². The van der Waals surface area contributed by atoms with E-state index >= 15 is 0 Å². The van der Waals surface area contributed by atoms with Gasteiger partial charge < -0.3 is 16.4 Å². The van der Waals surface area contributed by atoms with Crippen molar-refractivity contribution in [1.29, 1.82) is 0 Å². The molecule has 0 radical (unpaired) electrons. The molecule has 6 heteroatoms. The fraction of sp³-hybridized carbons (Fsp3) is 0.714. The van der Waals surface area contributed by atoms with Crippen molar-refractivity contribution < 1.29 is 4.79 Å². The Morgan fingerprint density at radius 2 is 2.05 bits per heavy atom. The average molecular weight is 294 g/mol. The van der Waals surface area contributed by atoms with Crippen LogP contribution in [0.15, 0.2) is 0 Å². The number of carbonyl (C=O) groups excluding carboxylic acids is 1. The maximum absolute atomic E-state index is 12.2. The number of nitrogens with zero attached hydrogens (tertiary/aromatic N) is 1. The first-order valence-electron chi connectivity index (χ1n) is 7.47. The first-order valence-corrected chi connectivity index (χ1v) is 8.29. The van der Waals surface area contributed by atoms with Crippen molar-refractivity contribution in [3.05, 3.63) is 4.88 Å². The molecule has 4 N–H and O–H groups in total. The molecule has 2 fully saturated rings. The van der Waals surface area contributed by atoms with Crippen molar-refractivity contribution >= 4 is 28.2 Å². The van der Waals surface area contributed by atoms with Crippen LogP contribution >= 0.6 is 11.3 Å². The van der Waals surface area contributed by atoms with Gasteiger partial charge >= 0.3 is 0 Å². The van der Waals surface area contributed by atoms with E-state index in [4.69, 9.17) is 5.73 Å². The molecule has 0 unspecified atom stereocenters. The molecule has 20 heavy (non-hydrogen) atoms. The summed E-state index contributed by atoms with van der Waals surface area (Å²) in [5.74, 6) is 2.63. The second-order valence-electron chi connectivity index (χ2n) is 5.81. The molecule has 2 aliphatic rings. The molecule has 5 nitrogen and oxygen atoms in total. The van der Waals surface area contributed by atoms with Gasteiger partial charge in [0.05, 0.1) is 0 Å². The van der Waals surface area contributed by atoms with E-state index < -0.39 is 0 Å². The van der Waals surface area contributed by atoms with Gasteiger partial charge in [0.2, 0.25) is 0 Å². The summed E-state index contributed by atoms with van der Waals surface area (Å²) in [5, 5.41) is 6.87. The van der Waals surface area contributed by atoms with Crippen molar-refractivity contribution in [1.82, 2.24) is 10.3 Å². The fourth-order valence-corrected chi connectivity index (χ4v) is 3.65. The summed E-state index contributed by atoms with van der Waals surface area (Å²) in [6, 6.07) is 0. The van der Waals surface area contributed by atoms with Crippen LogP contribution in [0, 0.1) is 17.8 Å². The number of nitrogens with two attached hydrogens (primary N) is 1. The first-order chi connectivity index (χ1) is 9.69. The zero-order chi connectivity index (χ0) is 14.1. The molecule has 3 rings (SSSR count). The number of hydrogen-bond acceptors (Lipinski definition) is 5. The number of anilines is 2. The minimum atomic E-state index is -0.0737. The largest absolute Gasteiger partial charge is 0.382 e. The summed E-state index contributed by atoms with van der Waals surface area (Å²) in [5.41, 5.74) is 5.82. The Labute approximate surface area is 123 Å². The summed E-state index contributed by atoms with van der Waals surface area (Å²) in [4.78, 5) is 16.9. The number of nitrogen functional groups attached to an aromatic ring is 1. The van der Waals surface area contributed by atoms with Crippen LogP contribution in [0.25, 0.3) is 0 Å². The third-order valence-electron chi connectivity index (χ3n) is 4.14. The van der Waals surface area contributed by atoms with Crippen LogP contribution < -0.4 is 16.4 Å². The molecule has 1 heterocycles. The van der Waals surface area contributed by atoms with E-state index in [9.17, 15) is 4.79 Å². The Balaban J connectivity index is 1.57. The second-order valence-corrected chi connectivity index (χ2v) is 6.81. The molecule has 110 valence electrons. The van der Waals surface area contributed by atoms with Crippen LogP contribution in [0.5, 0.6) is 0 Å². The lowest BCUT2D eigenvalue weighted by molar-refractivity contribution is 0.0948. The number of aromatic nitrogens is 1. The van der Waals surface area contributed by atoms with Gasteiger partial charge in [0, 0.05) is 13.1 Å². The molecule has 2 aliphatic carbocycles. The van der Waals surface area contributed by atoms with E-state index in [0.717, 1.165) is 30.1 Å². The highest BCUT2D eigenvalue weighted by Gasteiger charge is 2.41. The molecule has 0 atom stereocenters. The highest BCUT2D eigenvalue weighted by molar-refractivity contribution is 7.18. The van der Waals surface area contributed by atoms with Gasteiger partial charge in [0.1, 0.15) is 10.7 Å². The molecule has 1 aromatic heterocycles. The van der Waals surface area contributed by atoms with Crippen molar-refractivity contribution in [2.75, 3.05) is 24.1 Å². The predicted octanol–water partition coefficient (Wildman–Crippen LogP) is 2.32. The Morgan fingerprint density at radius 3 is 2.60 bits per heavy atom. The Kier molecular flexibility index (Phi) is 3.83. The quantitative estimate of drug-likeness (QED) is 0.721. The molecular formula is C14H22N4OS. The lowest BCUT2D eigenvalue weighted by atomic mass is 9.98. The van der Waals surface area contributed by atoms with Crippen LogP contribution in [0.2, 0.25) is 0 Å². The van der Waals surface area contributed by atoms with Crippen LogP contribution in [-0.4, -0.2) is 24.0 Å². The zero-order valence-electron chi connectivity index (χ0n) is 11.8. The van der Waals surface area contributed by atoms with E-state index in [1.807, 2.05) is 6.92 Å². The van der Waals surface area contributed by atoms with Gasteiger partial charge in [-0.25, -0.2) is 4.98 Å². The molecule has 0 bridgehead atoms. The van der Waals surface area contributed by atoms with Gasteiger partial charge in [0.15, 0.2) is 5.13 Å². The number of hydrogen-bond donors (Lipinski definition) is 3. The van der Waals surface area contributed by atoms with Gasteiger partial charge in [-0.2, -0.15) is 0 Å². The third kappa shape index (κ3) is 3.06. The topological polar surface area (TPSA) is 80.0 Å². The molecule has 2 saturated carbocycles. The predicted molar refractivity (Wildman–Crippen MR) is 82.0 cm³/mol. The zero-order valence-corrected chi connectivity index (χ0v) is 12.6. The van der Waals surface area contributed by atoms with E-state index in [1.165, 1.54) is 37.0 Å². The summed E-state index contributed by atoms with van der Waals surface area (Å²) in [7, 11) is 0. The number of nitrogens with one attached hydrogen (secondary N) is 2. The van der Waals surface area contributed by atoms with Gasteiger partial charge in [-0.05, 0) is 50.4 Å². The minimum Gasteiger partial charge on any atom is -0.382 e. The van der Waals surface area contributed by atoms with Gasteiger partial charge in [-0.3, -0.25) is 4.79 Å². The number of carbonyl (C=O) groups is 1. The standard InChI is InChI=1S/C14H22N4OS/c1-2-16-14-18-12(15)11(20-14)13(19)17-7-10(8-3-4-8)9-5-6-9/h8-10H,2-7,15H2,1H3,(H,16,18)(H,17,19). The minimum absolute atomic E-state index is 0.0737. The maximum atomic E-state index is 12.2. The van der Waals surface area contributed by atoms with Crippen LogP contribution in [0.1, 0.15) is 42.3 Å². The number of thiazole rings is 1. The van der Waals surface area contributed by atoms with E-state index in [1.54, 1.807) is 0 Å². The molecular weight excluding hydrogens is 272 g/mol. The molecule has 0 aromatic carbocycles. The lowest BCUT2D eigenvalue weighted by Crippen LogP contribution is -2.31. The second kappa shape index (κ2) is 5.60. The maximum Gasteiger partial charge on any atom is 0.265 e. The van der Waals surface area contributed by atoms with Crippen molar-refractivity contribution in [2.24, 2.45) is 17.8 Å². The highest BCUT2D eigenvalue weighted by atomic mass is 32.1. The molecule has 0 saturated heterocycles. The van der Waals surface area contributed by atoms with E-state index in [2.05, 4.69) is 15.6 Å². The average Bonchev–Trinajstić information content (AvgIpc) is 3.30. The molecule has 0 aliphatic heterocycles. The molecule has 0 spiro atoms. The fourth-order valence-electron chi connectivity index (χ4n) is 2.78. The summed E-state index contributed by atoms with van der Waals surface area (Å²) in [6.07, 6.45) is 5.35. The van der Waals surface area contributed by atoms with E-state index in [-0.39, 0.29) is 5.91 Å². The van der Waals surface area contributed by atoms with Crippen LogP contribution in [-0.2, 0) is 0 Å². The molecule has 1 amide bonds. The Bertz CT molecular complexity index is 481. The van der Waals surface area contributed by atoms with Crippen LogP contribution in [0.4, 0.5) is 10.9 Å². The summed E-state index contributed by atoms with van der Waals surface area (Å²) >= 11 is 1.33. The van der Waals surface area contributed by atoms with Crippen molar-refractivity contribution in [3.8, 4) is 0 Å². The third-order valence-corrected chi connectivity index (χ3v) is 5.17. The lowest BCUT2D eigenvalue weighted by Gasteiger charge is -2.15. The Hall–Kier alpha value is -1.30. The first kappa shape index (κ1) is 13.7. The normalized spacial score (nSPS) is 18.3. The van der Waals surface area contributed by atoms with Gasteiger partial charge in [-0.15, -0.1) is 0 Å². The number of rotatable bonds is 7. The van der Waals surface area contributed by atoms with E-state index in [0.29, 0.717) is 16.6 Å². The summed E-state index contributed by atoms with van der Waals surface area (Å²) in [6.45, 7) is 3.56. The number of amides is 1. The SMILES string of the molecule is CCNc1nc(N)c(C(=O)NCC(C2CC2)C2CC2)s1. The van der Waals surface area contributed by atoms with Crippen LogP contribution in [0.3, 0.4) is 0 Å². The molecule has 1 aromatic rings. The Morgan fingerprint density at radius 1 is 1.40 bits per heavy atom. The van der Waals surface area contributed by atoms with Gasteiger partial charge in [-0.1, -0.05) is 11.3 Å². The van der Waals surface area contributed by atoms with Crippen molar-refractivity contribution in [2.45, 2.75) is 32.6 Å². The highest BCUT2D eigenvalue weighted by Crippen LogP contribution is 2.48.